The number of hydrazine groups is 1. The molecule has 8 heteroatoms. The molecule has 1 aromatic rings. The first kappa shape index (κ1) is 17.5. The number of thiocarbonyl (C=S) groups is 1. The van der Waals surface area contributed by atoms with E-state index in [0.29, 0.717) is 5.69 Å². The van der Waals surface area contributed by atoms with Gasteiger partial charge in [-0.25, -0.2) is 5.01 Å². The topological polar surface area (TPSA) is 81.8 Å². The standard InChI is InChI=1S/C17H20N4O3S/c1-9-5-6-11(10(2)7-9)18-14(23)12-8-13(22)20-16(25)19-15(24)17(3,4)21(12)20/h5-7,12H,8H2,1-4H3,(H,18,23)(H,19,24,25). The number of nitrogens with one attached hydrogen (secondary N) is 2. The zero-order valence-electron chi connectivity index (χ0n) is 14.5. The van der Waals surface area contributed by atoms with Crippen molar-refractivity contribution in [2.75, 3.05) is 5.32 Å². The summed E-state index contributed by atoms with van der Waals surface area (Å²) in [5.74, 6) is -0.986. The molecule has 2 heterocycles. The maximum atomic E-state index is 12.8. The average Bonchev–Trinajstić information content (AvgIpc) is 2.87. The highest BCUT2D eigenvalue weighted by atomic mass is 32.1. The normalized spacial score (nSPS) is 22.6. The summed E-state index contributed by atoms with van der Waals surface area (Å²) in [6.45, 7) is 7.20. The van der Waals surface area contributed by atoms with Crippen molar-refractivity contribution < 1.29 is 14.4 Å². The van der Waals surface area contributed by atoms with E-state index >= 15 is 0 Å². The second kappa shape index (κ2) is 5.89. The van der Waals surface area contributed by atoms with Crippen LogP contribution in [0.15, 0.2) is 18.2 Å². The van der Waals surface area contributed by atoms with Crippen molar-refractivity contribution in [3.63, 3.8) is 0 Å². The van der Waals surface area contributed by atoms with Crippen LogP contribution in [-0.2, 0) is 14.4 Å². The molecule has 3 rings (SSSR count). The van der Waals surface area contributed by atoms with Gasteiger partial charge in [-0.05, 0) is 51.5 Å². The summed E-state index contributed by atoms with van der Waals surface area (Å²) in [7, 11) is 0. The molecule has 2 aliphatic rings. The van der Waals surface area contributed by atoms with Gasteiger partial charge in [-0.3, -0.25) is 19.7 Å². The van der Waals surface area contributed by atoms with Gasteiger partial charge in [0, 0.05) is 5.69 Å². The van der Waals surface area contributed by atoms with E-state index in [0.717, 1.165) is 11.1 Å². The molecule has 1 atom stereocenters. The summed E-state index contributed by atoms with van der Waals surface area (Å²) in [5, 5.41) is 8.10. The molecule has 25 heavy (non-hydrogen) atoms. The van der Waals surface area contributed by atoms with Gasteiger partial charge in [0.2, 0.25) is 17.7 Å². The minimum Gasteiger partial charge on any atom is -0.324 e. The predicted molar refractivity (Wildman–Crippen MR) is 96.5 cm³/mol. The van der Waals surface area contributed by atoms with Crippen molar-refractivity contribution >= 4 is 40.7 Å². The van der Waals surface area contributed by atoms with Gasteiger partial charge >= 0.3 is 0 Å². The van der Waals surface area contributed by atoms with Crippen molar-refractivity contribution in [2.45, 2.75) is 45.7 Å². The molecule has 7 nitrogen and oxygen atoms in total. The third-order valence-electron chi connectivity index (χ3n) is 4.60. The van der Waals surface area contributed by atoms with Crippen LogP contribution >= 0.6 is 12.2 Å². The maximum absolute atomic E-state index is 12.8. The highest BCUT2D eigenvalue weighted by Crippen LogP contribution is 2.33. The predicted octanol–water partition coefficient (Wildman–Crippen LogP) is 1.25. The van der Waals surface area contributed by atoms with Crippen molar-refractivity contribution in [2.24, 2.45) is 0 Å². The van der Waals surface area contributed by atoms with E-state index in [1.54, 1.807) is 13.8 Å². The number of nitrogens with zero attached hydrogens (tertiary/aromatic N) is 2. The van der Waals surface area contributed by atoms with E-state index in [-0.39, 0.29) is 29.3 Å². The van der Waals surface area contributed by atoms with Gasteiger partial charge in [-0.15, -0.1) is 0 Å². The van der Waals surface area contributed by atoms with Crippen LogP contribution in [-0.4, -0.2) is 44.4 Å². The fourth-order valence-corrected chi connectivity index (χ4v) is 3.51. The summed E-state index contributed by atoms with van der Waals surface area (Å²) >= 11 is 5.10. The number of benzene rings is 1. The van der Waals surface area contributed by atoms with Crippen molar-refractivity contribution in [3.05, 3.63) is 29.3 Å². The number of rotatable bonds is 2. The first-order chi connectivity index (χ1) is 11.6. The third kappa shape index (κ3) is 2.81. The number of amides is 3. The number of anilines is 1. The van der Waals surface area contributed by atoms with Crippen LogP contribution in [0.25, 0.3) is 0 Å². The Morgan fingerprint density at radius 1 is 1.32 bits per heavy atom. The Balaban J connectivity index is 1.91. The Bertz CT molecular complexity index is 805. The molecule has 1 aromatic carbocycles. The lowest BCUT2D eigenvalue weighted by atomic mass is 10.00. The number of carbonyl (C=O) groups excluding carboxylic acids is 3. The van der Waals surface area contributed by atoms with Gasteiger partial charge in [-0.1, -0.05) is 17.7 Å². The Hall–Kier alpha value is -2.32. The van der Waals surface area contributed by atoms with Gasteiger partial charge < -0.3 is 5.32 Å². The Kier molecular flexibility index (Phi) is 4.12. The number of carbonyl (C=O) groups is 3. The first-order valence-corrected chi connectivity index (χ1v) is 8.39. The quantitative estimate of drug-likeness (QED) is 0.776. The van der Waals surface area contributed by atoms with Gasteiger partial charge in [-0.2, -0.15) is 5.01 Å². The lowest BCUT2D eigenvalue weighted by molar-refractivity contribution is -0.154. The minimum absolute atomic E-state index is 0.0103. The second-order valence-electron chi connectivity index (χ2n) is 6.90. The van der Waals surface area contributed by atoms with E-state index in [1.807, 2.05) is 32.0 Å². The van der Waals surface area contributed by atoms with Crippen molar-refractivity contribution in [1.29, 1.82) is 0 Å². The molecule has 1 unspecified atom stereocenters. The highest BCUT2D eigenvalue weighted by molar-refractivity contribution is 7.80. The summed E-state index contributed by atoms with van der Waals surface area (Å²) < 4.78 is 0. The second-order valence-corrected chi connectivity index (χ2v) is 7.28. The summed E-state index contributed by atoms with van der Waals surface area (Å²) in [5.41, 5.74) is 1.64. The van der Waals surface area contributed by atoms with Gasteiger partial charge in [0.05, 0.1) is 6.42 Å². The number of aryl methyl sites for hydroxylation is 2. The van der Waals surface area contributed by atoms with Crippen LogP contribution in [0.2, 0.25) is 0 Å². The van der Waals surface area contributed by atoms with E-state index in [4.69, 9.17) is 12.2 Å². The first-order valence-electron chi connectivity index (χ1n) is 7.98. The van der Waals surface area contributed by atoms with Crippen LogP contribution in [0.1, 0.15) is 31.4 Å². The van der Waals surface area contributed by atoms with Gasteiger partial charge in [0.1, 0.15) is 11.6 Å². The fourth-order valence-electron chi connectivity index (χ4n) is 3.23. The zero-order chi connectivity index (χ0) is 18.5. The van der Waals surface area contributed by atoms with Crippen LogP contribution < -0.4 is 10.6 Å². The average molecular weight is 360 g/mol. The molecule has 0 aromatic heterocycles. The van der Waals surface area contributed by atoms with Crippen LogP contribution in [0.4, 0.5) is 5.69 Å². The summed E-state index contributed by atoms with van der Waals surface area (Å²) in [6, 6.07) is 4.90. The largest absolute Gasteiger partial charge is 0.324 e. The van der Waals surface area contributed by atoms with Gasteiger partial charge in [0.15, 0.2) is 5.11 Å². The molecule has 2 N–H and O–H groups in total. The van der Waals surface area contributed by atoms with E-state index in [1.165, 1.54) is 10.0 Å². The maximum Gasteiger partial charge on any atom is 0.248 e. The third-order valence-corrected chi connectivity index (χ3v) is 4.87. The molecule has 2 saturated heterocycles. The highest BCUT2D eigenvalue weighted by Gasteiger charge is 2.56. The monoisotopic (exact) mass is 360 g/mol. The van der Waals surface area contributed by atoms with E-state index in [9.17, 15) is 14.4 Å². The van der Waals surface area contributed by atoms with Crippen LogP contribution in [0.3, 0.4) is 0 Å². The number of hydrogen-bond acceptors (Lipinski definition) is 5. The zero-order valence-corrected chi connectivity index (χ0v) is 15.4. The molecule has 2 aliphatic heterocycles. The molecule has 0 saturated carbocycles. The Labute approximate surface area is 151 Å². The molecule has 0 radical (unpaired) electrons. The summed E-state index contributed by atoms with van der Waals surface area (Å²) in [6.07, 6.45) is -0.0325. The van der Waals surface area contributed by atoms with Crippen LogP contribution in [0.5, 0.6) is 0 Å². The molecule has 132 valence electrons. The lowest BCUT2D eigenvalue weighted by Gasteiger charge is -2.45. The smallest absolute Gasteiger partial charge is 0.248 e. The fraction of sp³-hybridized carbons (Fsp3) is 0.412. The summed E-state index contributed by atoms with van der Waals surface area (Å²) in [4.78, 5) is 37.5. The Morgan fingerprint density at radius 2 is 2.00 bits per heavy atom. The minimum atomic E-state index is -1.07. The Morgan fingerprint density at radius 3 is 2.64 bits per heavy atom. The van der Waals surface area contributed by atoms with Crippen molar-refractivity contribution in [1.82, 2.24) is 15.3 Å². The molecular weight excluding hydrogens is 340 g/mol. The molecule has 0 bridgehead atoms. The number of fused-ring (bicyclic) bond motifs is 1. The SMILES string of the molecule is Cc1ccc(NC(=O)C2CC(=O)N3C(=S)NC(=O)C(C)(C)N23)c(C)c1. The van der Waals surface area contributed by atoms with Crippen LogP contribution in [0, 0.1) is 13.8 Å². The van der Waals surface area contributed by atoms with Crippen molar-refractivity contribution in [3.8, 4) is 0 Å². The molecular formula is C17H20N4O3S. The lowest BCUT2D eigenvalue weighted by Crippen LogP contribution is -2.71. The molecule has 3 amide bonds. The molecule has 0 aliphatic carbocycles. The van der Waals surface area contributed by atoms with E-state index < -0.39 is 11.6 Å². The molecule has 2 fully saturated rings. The van der Waals surface area contributed by atoms with Gasteiger partial charge in [0.25, 0.3) is 0 Å². The molecule has 0 spiro atoms. The number of hydrogen-bond donors (Lipinski definition) is 2. The van der Waals surface area contributed by atoms with E-state index in [2.05, 4.69) is 10.6 Å².